The summed E-state index contributed by atoms with van der Waals surface area (Å²) in [7, 11) is 3.72. The zero-order valence-corrected chi connectivity index (χ0v) is 66.7. The molecule has 4 aliphatic heterocycles. The van der Waals surface area contributed by atoms with E-state index < -0.39 is 35.7 Å². The van der Waals surface area contributed by atoms with E-state index >= 15 is 28.8 Å². The first-order valence-corrected chi connectivity index (χ1v) is 41.9. The van der Waals surface area contributed by atoms with Gasteiger partial charge in [-0.2, -0.15) is 0 Å². The standard InChI is InChI=1S/C95H107N5O12/c1-52(2)57-26-35-66(36-27-57)109-76-45-72-80-73(91(102)99(90(72)101)88(61-18-11-12-19-61)94(105)97(9)64-23-15-17-56(43-64)25-34-70-50-107-70)46-77(110-67-37-28-58(29-38-67)53(3)4)83-85-79(112-69-41-32-60(33-42-69)55(7)8)48-75-81-74(47-78(84(87(81)85)82(76)86(80)83)111-68-39-30-59(31-40-68)54(5)6)92(103)100(93(75)104)89(62-20-13-14-21-62)95(106)98(10)65-24-16-22-63(44-65)96-49-71-51-108-71/h26-33,35-42,45-48,52-56,61-65,70-71,88-89,96H,11-25,34,43-44,49-51H2,1-10H3. The zero-order chi connectivity index (χ0) is 77.7. The van der Waals surface area contributed by atoms with Crippen LogP contribution in [0.5, 0.6) is 46.0 Å². The number of likely N-dealkylation sites (N-methyl/N-ethyl adjacent to an activating group) is 2. The highest BCUT2D eigenvalue weighted by Crippen LogP contribution is 2.59. The highest BCUT2D eigenvalue weighted by atomic mass is 16.6. The molecule has 4 heterocycles. The van der Waals surface area contributed by atoms with Gasteiger partial charge in [0, 0.05) is 81.9 Å². The summed E-state index contributed by atoms with van der Waals surface area (Å²) in [5, 5.41) is 6.68. The highest BCUT2D eigenvalue weighted by Gasteiger charge is 2.51. The minimum absolute atomic E-state index is 0.0897. The third kappa shape index (κ3) is 14.2. The van der Waals surface area contributed by atoms with Gasteiger partial charge in [0.2, 0.25) is 11.8 Å². The Bertz CT molecular complexity index is 4560. The summed E-state index contributed by atoms with van der Waals surface area (Å²) in [5.74, 6) is -0.0354. The summed E-state index contributed by atoms with van der Waals surface area (Å²) >= 11 is 0. The molecule has 0 bridgehead atoms. The van der Waals surface area contributed by atoms with Crippen LogP contribution >= 0.6 is 0 Å². The maximum Gasteiger partial charge on any atom is 0.262 e. The van der Waals surface area contributed by atoms with Gasteiger partial charge in [0.05, 0.1) is 47.7 Å². The van der Waals surface area contributed by atoms with Crippen molar-refractivity contribution in [2.45, 2.75) is 237 Å². The van der Waals surface area contributed by atoms with Crippen molar-refractivity contribution in [3.8, 4) is 46.0 Å². The van der Waals surface area contributed by atoms with Crippen LogP contribution in [0.3, 0.4) is 0 Å². The minimum atomic E-state index is -1.16. The first-order chi connectivity index (χ1) is 54.1. The molecule has 9 aromatic carbocycles. The predicted molar refractivity (Wildman–Crippen MR) is 437 cm³/mol. The van der Waals surface area contributed by atoms with Crippen LogP contribution in [0.2, 0.25) is 0 Å². The van der Waals surface area contributed by atoms with Gasteiger partial charge in [0.15, 0.2) is 0 Å². The van der Waals surface area contributed by atoms with Gasteiger partial charge in [0.25, 0.3) is 23.6 Å². The van der Waals surface area contributed by atoms with Crippen molar-refractivity contribution >= 4 is 78.5 Å². The predicted octanol–water partition coefficient (Wildman–Crippen LogP) is 20.7. The number of carbonyl (C=O) groups is 6. The quantitative estimate of drug-likeness (QED) is 0.0233. The van der Waals surface area contributed by atoms with Crippen LogP contribution < -0.4 is 24.3 Å². The van der Waals surface area contributed by atoms with Crippen LogP contribution in [0.25, 0.3) is 43.1 Å². The van der Waals surface area contributed by atoms with Crippen molar-refractivity contribution in [1.82, 2.24) is 24.9 Å². The molecule has 8 atom stereocenters. The normalized spacial score (nSPS) is 21.9. The molecule has 112 heavy (non-hydrogen) atoms. The third-order valence-electron chi connectivity index (χ3n) is 26.3. The molecular weight excluding hydrogens is 1400 g/mol. The van der Waals surface area contributed by atoms with Gasteiger partial charge in [-0.3, -0.25) is 38.6 Å². The smallest absolute Gasteiger partial charge is 0.262 e. The molecule has 9 aromatic rings. The Morgan fingerprint density at radius 1 is 0.402 bits per heavy atom. The van der Waals surface area contributed by atoms with E-state index in [0.29, 0.717) is 104 Å². The molecule has 17 heteroatoms. The van der Waals surface area contributed by atoms with Crippen LogP contribution in [0.4, 0.5) is 0 Å². The van der Waals surface area contributed by atoms with E-state index in [1.807, 2.05) is 121 Å². The number of carbonyl (C=O) groups excluding carboxylic acids is 6. The average Bonchev–Trinajstić information content (AvgIpc) is 1.07. The van der Waals surface area contributed by atoms with Crippen LogP contribution in [0.1, 0.15) is 258 Å². The lowest BCUT2D eigenvalue weighted by atomic mass is 9.79. The number of benzene rings is 9. The monoisotopic (exact) mass is 1510 g/mol. The highest BCUT2D eigenvalue weighted by molar-refractivity contribution is 6.45. The van der Waals surface area contributed by atoms with E-state index in [4.69, 9.17) is 28.4 Å². The Hall–Kier alpha value is -9.42. The second-order valence-corrected chi connectivity index (χ2v) is 34.9. The van der Waals surface area contributed by atoms with Gasteiger partial charge in [-0.15, -0.1) is 0 Å². The fourth-order valence-corrected chi connectivity index (χ4v) is 19.6. The summed E-state index contributed by atoms with van der Waals surface area (Å²) in [5.41, 5.74) is 4.86. The Labute approximate surface area is 657 Å². The van der Waals surface area contributed by atoms with Crippen LogP contribution in [-0.2, 0) is 19.1 Å². The molecule has 8 aliphatic rings. The van der Waals surface area contributed by atoms with E-state index in [9.17, 15) is 0 Å². The summed E-state index contributed by atoms with van der Waals surface area (Å²) in [6.45, 7) is 19.3. The summed E-state index contributed by atoms with van der Waals surface area (Å²) in [4.78, 5) is 106. The SMILES string of the molecule is CC(C)c1ccc(Oc2cc3c4c(cc(Oc5ccc(C(C)C)cc5)c5c6c(Oc7ccc(C(C)C)cc7)cc7c8c(cc(Oc9ccc(C(C)C)cc9)c(c2c45)c86)C(=O)N(C(C(=O)N(C)C2CCCC(NCC4CO4)C2)C2CCCC2)C7=O)C(=O)N(C(C(=O)N(C)C2CCCC(CCC4CO4)C2)C2CCCC2)C3=O)cc1. The Balaban J connectivity index is 0.944. The first-order valence-electron chi connectivity index (χ1n) is 41.9. The molecule has 0 spiro atoms. The van der Waals surface area contributed by atoms with E-state index in [-0.39, 0.29) is 117 Å². The third-order valence-corrected chi connectivity index (χ3v) is 26.3. The summed E-state index contributed by atoms with van der Waals surface area (Å²) in [6, 6.07) is 36.1. The molecule has 4 saturated carbocycles. The lowest BCUT2D eigenvalue weighted by Crippen LogP contribution is -2.58. The molecule has 17 nitrogen and oxygen atoms in total. The molecule has 0 aromatic heterocycles. The molecule has 8 unspecified atom stereocenters. The number of ether oxygens (including phenoxy) is 6. The lowest BCUT2D eigenvalue weighted by Gasteiger charge is -2.42. The molecule has 1 N–H and O–H groups in total. The first kappa shape index (κ1) is 75.3. The van der Waals surface area contributed by atoms with Crippen molar-refractivity contribution < 1.29 is 57.2 Å². The van der Waals surface area contributed by atoms with E-state index in [1.165, 1.54) is 9.80 Å². The van der Waals surface area contributed by atoms with Crippen LogP contribution in [0.15, 0.2) is 121 Å². The van der Waals surface area contributed by atoms with Gasteiger partial charge in [0.1, 0.15) is 58.1 Å². The Morgan fingerprint density at radius 3 is 1.04 bits per heavy atom. The number of hydrogen-bond donors (Lipinski definition) is 1. The van der Waals surface area contributed by atoms with E-state index in [2.05, 4.69) is 60.7 Å². The second-order valence-electron chi connectivity index (χ2n) is 34.9. The number of fused-ring (bicyclic) bond motifs is 2. The maximum absolute atomic E-state index is 16.9. The number of epoxide rings is 2. The maximum atomic E-state index is 16.9. The molecule has 0 radical (unpaired) electrons. The minimum Gasteiger partial charge on any atom is -0.457 e. The average molecular weight is 1510 g/mol. The van der Waals surface area contributed by atoms with Crippen LogP contribution in [-0.4, -0.2) is 131 Å². The topological polar surface area (TPSA) is 189 Å². The van der Waals surface area contributed by atoms with Gasteiger partial charge < -0.3 is 43.5 Å². The number of imide groups is 2. The fraction of sp³-hybridized carbons (Fsp3) is 0.474. The second kappa shape index (κ2) is 30.8. The van der Waals surface area contributed by atoms with Gasteiger partial charge in [-0.1, -0.05) is 142 Å². The lowest BCUT2D eigenvalue weighted by molar-refractivity contribution is -0.139. The largest absolute Gasteiger partial charge is 0.457 e. The Morgan fingerprint density at radius 2 is 0.723 bits per heavy atom. The molecule has 6 fully saturated rings. The van der Waals surface area contributed by atoms with Crippen molar-refractivity contribution in [2.24, 2.45) is 17.8 Å². The molecule has 2 saturated heterocycles. The summed E-state index contributed by atoms with van der Waals surface area (Å²) < 4.78 is 41.2. The zero-order valence-electron chi connectivity index (χ0n) is 66.7. The fourth-order valence-electron chi connectivity index (χ4n) is 19.6. The number of rotatable bonds is 26. The molecule has 6 amide bonds. The van der Waals surface area contributed by atoms with Crippen molar-refractivity contribution in [2.75, 3.05) is 33.9 Å². The number of nitrogens with zero attached hydrogens (tertiary/aromatic N) is 4. The van der Waals surface area contributed by atoms with Gasteiger partial charge in [-0.25, -0.2) is 0 Å². The van der Waals surface area contributed by atoms with Crippen molar-refractivity contribution in [1.29, 1.82) is 0 Å². The number of amides is 6. The molecule has 584 valence electrons. The van der Waals surface area contributed by atoms with Crippen molar-refractivity contribution in [3.63, 3.8) is 0 Å². The molecule has 17 rings (SSSR count). The van der Waals surface area contributed by atoms with Crippen LogP contribution in [0, 0.1) is 17.8 Å². The summed E-state index contributed by atoms with van der Waals surface area (Å²) in [6.07, 6.45) is 15.6. The van der Waals surface area contributed by atoms with E-state index in [0.717, 1.165) is 132 Å². The number of hydrogen-bond acceptors (Lipinski definition) is 13. The molecular formula is C95H107N5O12. The number of nitrogens with one attached hydrogen (secondary N) is 1. The van der Waals surface area contributed by atoms with Gasteiger partial charge in [-0.05, 0) is 214 Å². The molecule has 4 aliphatic carbocycles. The van der Waals surface area contributed by atoms with Gasteiger partial charge >= 0.3 is 0 Å². The Kier molecular flexibility index (Phi) is 20.7. The van der Waals surface area contributed by atoms with Crippen molar-refractivity contribution in [3.05, 3.63) is 166 Å². The van der Waals surface area contributed by atoms with E-state index in [1.54, 1.807) is 24.3 Å².